The summed E-state index contributed by atoms with van der Waals surface area (Å²) in [5.74, 6) is 0.719. The maximum atomic E-state index is 14.4. The number of hydrogen-bond donors (Lipinski definition) is 2. The van der Waals surface area contributed by atoms with E-state index in [1.165, 1.54) is 24.2 Å². The topological polar surface area (TPSA) is 91.0 Å². The molecule has 42 heavy (non-hydrogen) atoms. The molecule has 8 nitrogen and oxygen atoms in total. The van der Waals surface area contributed by atoms with Gasteiger partial charge in [-0.3, -0.25) is 9.59 Å². The maximum absolute atomic E-state index is 14.4. The number of ether oxygens (including phenoxy) is 1. The number of piperazine rings is 1. The summed E-state index contributed by atoms with van der Waals surface area (Å²) < 4.78 is 5.60. The van der Waals surface area contributed by atoms with Gasteiger partial charge in [0.2, 0.25) is 5.91 Å². The molecule has 1 aliphatic carbocycles. The molecule has 3 heterocycles. The molecule has 5 rings (SSSR count). The maximum Gasteiger partial charge on any atom is 0.415 e. The van der Waals surface area contributed by atoms with Gasteiger partial charge in [0.1, 0.15) is 6.04 Å². The molecule has 228 valence electrons. The molecule has 3 aliphatic rings. The number of carbonyl (C=O) groups excluding carboxylic acids is 3. The number of ketones is 1. The van der Waals surface area contributed by atoms with Crippen LogP contribution in [0, 0.1) is 5.92 Å². The molecular weight excluding hydrogens is 572 g/mol. The summed E-state index contributed by atoms with van der Waals surface area (Å²) in [4.78, 5) is 45.7. The number of para-hydroxylation sites is 1. The summed E-state index contributed by atoms with van der Waals surface area (Å²) in [7, 11) is 0. The summed E-state index contributed by atoms with van der Waals surface area (Å²) >= 11 is 7.85. The minimum atomic E-state index is -0.714. The van der Waals surface area contributed by atoms with Crippen LogP contribution >= 0.6 is 22.9 Å². The Morgan fingerprint density at radius 2 is 1.81 bits per heavy atom. The lowest BCUT2D eigenvalue weighted by Gasteiger charge is -2.42. The molecule has 3 fully saturated rings. The van der Waals surface area contributed by atoms with Crippen LogP contribution in [0.25, 0.3) is 0 Å². The van der Waals surface area contributed by atoms with Gasteiger partial charge < -0.3 is 25.2 Å². The molecule has 1 aromatic carbocycles. The molecular formula is C32H43ClN4O4S. The minimum Gasteiger partial charge on any atom is -0.409 e. The van der Waals surface area contributed by atoms with Gasteiger partial charge in [-0.05, 0) is 81.1 Å². The zero-order valence-corrected chi connectivity index (χ0v) is 25.8. The van der Waals surface area contributed by atoms with Crippen LogP contribution in [0.1, 0.15) is 62.7 Å². The highest BCUT2D eigenvalue weighted by atomic mass is 35.5. The van der Waals surface area contributed by atoms with E-state index in [4.69, 9.17) is 16.3 Å². The molecule has 0 spiro atoms. The Bertz CT molecular complexity index is 1160. The van der Waals surface area contributed by atoms with Crippen molar-refractivity contribution < 1.29 is 19.1 Å². The van der Waals surface area contributed by atoms with Gasteiger partial charge in [0.05, 0.1) is 17.6 Å². The highest BCUT2D eigenvalue weighted by Crippen LogP contribution is 2.27. The van der Waals surface area contributed by atoms with E-state index in [1.54, 1.807) is 40.5 Å². The molecule has 1 unspecified atom stereocenters. The molecule has 1 aromatic heterocycles. The second-order valence-corrected chi connectivity index (χ2v) is 13.3. The normalized spacial score (nSPS) is 21.2. The highest BCUT2D eigenvalue weighted by molar-refractivity contribution is 7.09. The van der Waals surface area contributed by atoms with Gasteiger partial charge in [-0.25, -0.2) is 4.79 Å². The smallest absolute Gasteiger partial charge is 0.409 e. The molecule has 2 saturated heterocycles. The Balaban J connectivity index is 1.32. The fraction of sp³-hybridized carbons (Fsp3) is 0.594. The number of piperidine rings is 1. The first-order valence-corrected chi connectivity index (χ1v) is 16.8. The fourth-order valence-corrected chi connectivity index (χ4v) is 7.37. The number of carbonyl (C=O) groups is 3. The van der Waals surface area contributed by atoms with E-state index < -0.39 is 12.1 Å². The van der Waals surface area contributed by atoms with E-state index in [0.717, 1.165) is 50.1 Å². The van der Waals surface area contributed by atoms with Crippen molar-refractivity contribution >= 4 is 40.7 Å². The average Bonchev–Trinajstić information content (AvgIpc) is 3.55. The largest absolute Gasteiger partial charge is 0.415 e. The Hall–Kier alpha value is -2.46. The summed E-state index contributed by atoms with van der Waals surface area (Å²) in [6.45, 7) is 2.66. The van der Waals surface area contributed by atoms with E-state index in [2.05, 4.69) is 10.6 Å². The van der Waals surface area contributed by atoms with Crippen molar-refractivity contribution in [3.8, 4) is 5.75 Å². The molecule has 2 aliphatic heterocycles. The lowest BCUT2D eigenvalue weighted by molar-refractivity contribution is -0.144. The van der Waals surface area contributed by atoms with Gasteiger partial charge in [0.25, 0.3) is 0 Å². The summed E-state index contributed by atoms with van der Waals surface area (Å²) in [5, 5.41) is 9.52. The third kappa shape index (κ3) is 8.34. The van der Waals surface area contributed by atoms with Crippen molar-refractivity contribution in [2.75, 3.05) is 32.7 Å². The lowest BCUT2D eigenvalue weighted by Crippen LogP contribution is -2.63. The molecule has 1 saturated carbocycles. The number of amides is 2. The van der Waals surface area contributed by atoms with Crippen LogP contribution in [0.5, 0.6) is 5.75 Å². The van der Waals surface area contributed by atoms with Crippen LogP contribution in [0.2, 0.25) is 5.02 Å². The predicted octanol–water partition coefficient (Wildman–Crippen LogP) is 5.30. The first-order chi connectivity index (χ1) is 20.5. The van der Waals surface area contributed by atoms with Crippen LogP contribution < -0.4 is 15.4 Å². The van der Waals surface area contributed by atoms with Crippen LogP contribution in [-0.2, 0) is 16.0 Å². The van der Waals surface area contributed by atoms with Crippen LogP contribution in [-0.4, -0.2) is 78.4 Å². The number of nitrogens with zero attached hydrogens (tertiary/aromatic N) is 2. The number of Topliss-reactive ketones (excluding diaryl/α,β-unsaturated/α-hetero) is 1. The SMILES string of the molecule is O=C(CCc1cccs1)[C@@H]1CN(C(=O)Oc2ccccc2Cl)CCN1C(=O)C(CC1CCNCC1)NC1CCCCC1. The van der Waals surface area contributed by atoms with E-state index >= 15 is 0 Å². The Morgan fingerprint density at radius 1 is 1.02 bits per heavy atom. The highest BCUT2D eigenvalue weighted by Gasteiger charge is 2.40. The Kier molecular flexibility index (Phi) is 11.3. The number of aryl methyl sites for hydroxylation is 1. The number of hydrogen-bond acceptors (Lipinski definition) is 7. The van der Waals surface area contributed by atoms with Crippen molar-refractivity contribution in [2.24, 2.45) is 5.92 Å². The lowest BCUT2D eigenvalue weighted by atomic mass is 9.88. The zero-order chi connectivity index (χ0) is 29.3. The number of benzene rings is 1. The first kappa shape index (κ1) is 31.0. The third-order valence-electron chi connectivity index (χ3n) is 8.89. The number of thiophene rings is 1. The number of halogens is 1. The van der Waals surface area contributed by atoms with E-state index in [9.17, 15) is 14.4 Å². The van der Waals surface area contributed by atoms with Crippen LogP contribution in [0.4, 0.5) is 4.79 Å². The standard InChI is InChI=1S/C32H43ClN4O4S/c33-26-10-4-5-11-30(26)41-32(40)36-18-19-37(28(22-36)29(38)13-12-25-9-6-20-42-25)31(39)27(21-23-14-16-34-17-15-23)35-24-7-2-1-3-8-24/h4-6,9-11,20,23-24,27-28,34-35H,1-3,7-8,12-19,21-22H2/t27?,28-/m0/s1. The van der Waals surface area contributed by atoms with Crippen LogP contribution in [0.15, 0.2) is 41.8 Å². The minimum absolute atomic E-state index is 0.00676. The van der Waals surface area contributed by atoms with E-state index in [1.807, 2.05) is 17.5 Å². The van der Waals surface area contributed by atoms with Crippen LogP contribution in [0.3, 0.4) is 0 Å². The van der Waals surface area contributed by atoms with Gasteiger partial charge in [0, 0.05) is 30.4 Å². The molecule has 0 bridgehead atoms. The van der Waals surface area contributed by atoms with Gasteiger partial charge in [-0.1, -0.05) is 49.1 Å². The molecule has 10 heteroatoms. The van der Waals surface area contributed by atoms with Crippen molar-refractivity contribution in [3.05, 3.63) is 51.7 Å². The van der Waals surface area contributed by atoms with E-state index in [-0.39, 0.29) is 30.0 Å². The molecule has 2 amide bonds. The van der Waals surface area contributed by atoms with Gasteiger partial charge in [-0.2, -0.15) is 0 Å². The monoisotopic (exact) mass is 614 g/mol. The third-order valence-corrected chi connectivity index (χ3v) is 10.1. The Morgan fingerprint density at radius 3 is 2.55 bits per heavy atom. The molecule has 2 aromatic rings. The predicted molar refractivity (Wildman–Crippen MR) is 166 cm³/mol. The average molecular weight is 615 g/mol. The molecule has 0 radical (unpaired) electrons. The molecule has 2 atom stereocenters. The fourth-order valence-electron chi connectivity index (χ4n) is 6.49. The van der Waals surface area contributed by atoms with Gasteiger partial charge in [0.15, 0.2) is 11.5 Å². The summed E-state index contributed by atoms with van der Waals surface area (Å²) in [6.07, 6.45) is 9.06. The van der Waals surface area contributed by atoms with Crippen molar-refractivity contribution in [1.29, 1.82) is 0 Å². The van der Waals surface area contributed by atoms with Gasteiger partial charge >= 0.3 is 6.09 Å². The summed E-state index contributed by atoms with van der Waals surface area (Å²) in [6, 6.07) is 10.1. The first-order valence-electron chi connectivity index (χ1n) is 15.5. The van der Waals surface area contributed by atoms with E-state index in [0.29, 0.717) is 42.9 Å². The number of nitrogens with one attached hydrogen (secondary N) is 2. The molecule has 2 N–H and O–H groups in total. The van der Waals surface area contributed by atoms with Gasteiger partial charge in [-0.15, -0.1) is 11.3 Å². The number of rotatable bonds is 10. The Labute approximate surface area is 258 Å². The second kappa shape index (κ2) is 15.3. The van der Waals surface area contributed by atoms with Crippen molar-refractivity contribution in [1.82, 2.24) is 20.4 Å². The van der Waals surface area contributed by atoms with Crippen molar-refractivity contribution in [3.63, 3.8) is 0 Å². The van der Waals surface area contributed by atoms with Crippen molar-refractivity contribution in [2.45, 2.75) is 82.3 Å². The second-order valence-electron chi connectivity index (χ2n) is 11.8. The zero-order valence-electron chi connectivity index (χ0n) is 24.3. The summed E-state index contributed by atoms with van der Waals surface area (Å²) in [5.41, 5.74) is 0. The quantitative estimate of drug-likeness (QED) is 0.378.